The number of halogens is 2. The summed E-state index contributed by atoms with van der Waals surface area (Å²) in [5.41, 5.74) is 4.38. The van der Waals surface area contributed by atoms with Crippen LogP contribution in [0.4, 0.5) is 10.5 Å². The second-order valence-electron chi connectivity index (χ2n) is 8.17. The van der Waals surface area contributed by atoms with Gasteiger partial charge in [0.15, 0.2) is 0 Å². The number of hydrogen-bond acceptors (Lipinski definition) is 5. The number of nitrogens with zero attached hydrogens (tertiary/aromatic N) is 1. The minimum Gasteiger partial charge on any atom is -0.487 e. The maximum absolute atomic E-state index is 12.9. The van der Waals surface area contributed by atoms with Gasteiger partial charge in [0.1, 0.15) is 18.9 Å². The predicted molar refractivity (Wildman–Crippen MR) is 160 cm³/mol. The summed E-state index contributed by atoms with van der Waals surface area (Å²) in [7, 11) is 0. The largest absolute Gasteiger partial charge is 0.487 e. The Morgan fingerprint density at radius 2 is 1.64 bits per heavy atom. The summed E-state index contributed by atoms with van der Waals surface area (Å²) in [6.07, 6.45) is 1.68. The Hall–Kier alpha value is -2.38. The van der Waals surface area contributed by atoms with Gasteiger partial charge in [-0.15, -0.1) is 0 Å². The van der Waals surface area contributed by atoms with Crippen molar-refractivity contribution in [3.8, 4) is 5.75 Å². The lowest BCUT2D eigenvalue weighted by Crippen LogP contribution is -2.36. The average Bonchev–Trinajstić information content (AvgIpc) is 3.09. The van der Waals surface area contributed by atoms with Crippen molar-refractivity contribution in [3.63, 3.8) is 0 Å². The number of ether oxygens (including phenoxy) is 1. The molecule has 0 aliphatic carbocycles. The highest BCUT2D eigenvalue weighted by atomic mass is 127. The van der Waals surface area contributed by atoms with Gasteiger partial charge in [-0.05, 0) is 111 Å². The Balaban J connectivity index is 1.45. The molecule has 4 rings (SSSR count). The number of carbonyl (C=O) groups is 3. The van der Waals surface area contributed by atoms with Crippen molar-refractivity contribution in [2.75, 3.05) is 11.9 Å². The summed E-state index contributed by atoms with van der Waals surface area (Å²) >= 11 is 5.25. The molecule has 3 amide bonds. The summed E-state index contributed by atoms with van der Waals surface area (Å²) in [6, 6.07) is 19.4. The van der Waals surface area contributed by atoms with E-state index in [0.29, 0.717) is 12.3 Å². The molecule has 0 bridgehead atoms. The molecule has 0 spiro atoms. The maximum atomic E-state index is 12.9. The van der Waals surface area contributed by atoms with Crippen LogP contribution in [0.25, 0.3) is 6.08 Å². The van der Waals surface area contributed by atoms with Gasteiger partial charge in [0, 0.05) is 5.69 Å². The monoisotopic (exact) mass is 724 g/mol. The fourth-order valence-corrected chi connectivity index (χ4v) is 6.62. The number of para-hydroxylation sites is 1. The van der Waals surface area contributed by atoms with E-state index in [-0.39, 0.29) is 11.4 Å². The molecule has 0 atom stereocenters. The smallest absolute Gasteiger partial charge is 0.294 e. The van der Waals surface area contributed by atoms with Gasteiger partial charge >= 0.3 is 0 Å². The predicted octanol–water partition coefficient (Wildman–Crippen LogP) is 6.77. The quantitative estimate of drug-likeness (QED) is 0.215. The number of hydrogen-bond donors (Lipinski definition) is 1. The summed E-state index contributed by atoms with van der Waals surface area (Å²) in [5.74, 6) is -0.121. The van der Waals surface area contributed by atoms with Crippen LogP contribution in [-0.2, 0) is 16.2 Å². The molecule has 1 saturated heterocycles. The van der Waals surface area contributed by atoms with Crippen molar-refractivity contribution in [3.05, 3.63) is 95.0 Å². The van der Waals surface area contributed by atoms with E-state index in [1.165, 1.54) is 0 Å². The third-order valence-electron chi connectivity index (χ3n) is 5.47. The average molecular weight is 724 g/mol. The normalized spacial score (nSPS) is 14.4. The van der Waals surface area contributed by atoms with E-state index in [0.717, 1.165) is 51.8 Å². The highest BCUT2D eigenvalue weighted by Gasteiger charge is 2.36. The molecule has 1 fully saturated rings. The number of anilines is 1. The SMILES string of the molecule is Cc1cccc(C)c1NC(=O)CN1C(=O)S/C(=C/c2cc(I)c(OCc3ccccc3)c(I)c2)C1=O. The van der Waals surface area contributed by atoms with Gasteiger partial charge in [0.25, 0.3) is 11.1 Å². The molecule has 184 valence electrons. The molecule has 1 aliphatic rings. The number of carbonyl (C=O) groups excluding carboxylic acids is 3. The van der Waals surface area contributed by atoms with E-state index in [4.69, 9.17) is 4.74 Å². The van der Waals surface area contributed by atoms with E-state index >= 15 is 0 Å². The zero-order valence-electron chi connectivity index (χ0n) is 19.5. The van der Waals surface area contributed by atoms with Crippen molar-refractivity contribution in [1.29, 1.82) is 0 Å². The van der Waals surface area contributed by atoms with Crippen molar-refractivity contribution in [2.24, 2.45) is 0 Å². The Bertz CT molecular complexity index is 1330. The van der Waals surface area contributed by atoms with Gasteiger partial charge in [0.05, 0.1) is 12.0 Å². The van der Waals surface area contributed by atoms with Crippen LogP contribution in [0.15, 0.2) is 65.6 Å². The van der Waals surface area contributed by atoms with Crippen LogP contribution < -0.4 is 10.1 Å². The molecular formula is C27H22I2N2O4S. The van der Waals surface area contributed by atoms with Crippen LogP contribution in [0.5, 0.6) is 5.75 Å². The van der Waals surface area contributed by atoms with Gasteiger partial charge in [-0.2, -0.15) is 0 Å². The van der Waals surface area contributed by atoms with Crippen LogP contribution in [0.1, 0.15) is 22.3 Å². The Morgan fingerprint density at radius 1 is 1.00 bits per heavy atom. The molecule has 0 unspecified atom stereocenters. The Morgan fingerprint density at radius 3 is 2.28 bits per heavy atom. The zero-order valence-corrected chi connectivity index (χ0v) is 24.6. The standard InChI is InChI=1S/C27H22I2N2O4S/c1-16-7-6-8-17(2)24(16)30-23(32)14-31-26(33)22(36-27(31)34)13-19-11-20(28)25(21(29)12-19)35-15-18-9-4-3-5-10-18/h3-13H,14-15H2,1-2H3,(H,30,32)/b22-13+. The van der Waals surface area contributed by atoms with Crippen LogP contribution >= 0.6 is 56.9 Å². The topological polar surface area (TPSA) is 75.7 Å². The molecule has 0 radical (unpaired) electrons. The lowest BCUT2D eigenvalue weighted by Gasteiger charge is -2.15. The lowest BCUT2D eigenvalue weighted by atomic mass is 10.1. The first-order valence-electron chi connectivity index (χ1n) is 11.0. The first kappa shape index (κ1) is 26.7. The number of thioether (sulfide) groups is 1. The molecule has 0 aromatic heterocycles. The van der Waals surface area contributed by atoms with Gasteiger partial charge in [0.2, 0.25) is 5.91 Å². The molecule has 3 aromatic carbocycles. The van der Waals surface area contributed by atoms with Crippen molar-refractivity contribution in [1.82, 2.24) is 4.90 Å². The lowest BCUT2D eigenvalue weighted by molar-refractivity contribution is -0.127. The Kier molecular flexibility index (Phi) is 8.73. The minimum atomic E-state index is -0.476. The number of aryl methyl sites for hydroxylation is 2. The fourth-order valence-electron chi connectivity index (χ4n) is 3.65. The second-order valence-corrected chi connectivity index (χ2v) is 11.5. The highest BCUT2D eigenvalue weighted by molar-refractivity contribution is 14.1. The van der Waals surface area contributed by atoms with Crippen LogP contribution in [-0.4, -0.2) is 28.5 Å². The van der Waals surface area contributed by atoms with Crippen molar-refractivity contribution >= 4 is 85.8 Å². The van der Waals surface area contributed by atoms with E-state index < -0.39 is 17.1 Å². The number of nitrogens with one attached hydrogen (secondary N) is 1. The van der Waals surface area contributed by atoms with Crippen molar-refractivity contribution in [2.45, 2.75) is 20.5 Å². The molecule has 36 heavy (non-hydrogen) atoms. The molecule has 1 N–H and O–H groups in total. The molecular weight excluding hydrogens is 702 g/mol. The van der Waals surface area contributed by atoms with Crippen LogP contribution in [0.3, 0.4) is 0 Å². The molecule has 1 heterocycles. The maximum Gasteiger partial charge on any atom is 0.294 e. The molecule has 1 aliphatic heterocycles. The fraction of sp³-hybridized carbons (Fsp3) is 0.148. The first-order valence-corrected chi connectivity index (χ1v) is 14.0. The highest BCUT2D eigenvalue weighted by Crippen LogP contribution is 2.35. The third kappa shape index (κ3) is 6.30. The molecule has 0 saturated carbocycles. The van der Waals surface area contributed by atoms with E-state index in [2.05, 4.69) is 50.5 Å². The van der Waals surface area contributed by atoms with Gasteiger partial charge in [-0.1, -0.05) is 48.5 Å². The van der Waals surface area contributed by atoms with E-state index in [9.17, 15) is 14.4 Å². The van der Waals surface area contributed by atoms with Gasteiger partial charge in [-0.3, -0.25) is 19.3 Å². The number of rotatable bonds is 7. The minimum absolute atomic E-state index is 0.282. The zero-order chi connectivity index (χ0) is 25.8. The molecule has 9 heteroatoms. The van der Waals surface area contributed by atoms with E-state index in [1.54, 1.807) is 6.08 Å². The first-order chi connectivity index (χ1) is 17.2. The summed E-state index contributed by atoms with van der Waals surface area (Å²) in [6.45, 7) is 3.91. The van der Waals surface area contributed by atoms with Gasteiger partial charge < -0.3 is 10.1 Å². The van der Waals surface area contributed by atoms with Crippen LogP contribution in [0.2, 0.25) is 0 Å². The second kappa shape index (κ2) is 11.8. The molecule has 3 aromatic rings. The van der Waals surface area contributed by atoms with Crippen molar-refractivity contribution < 1.29 is 19.1 Å². The number of imide groups is 1. The summed E-state index contributed by atoms with van der Waals surface area (Å²) in [4.78, 5) is 39.4. The summed E-state index contributed by atoms with van der Waals surface area (Å²) < 4.78 is 7.82. The Labute approximate surface area is 241 Å². The number of benzene rings is 3. The van der Waals surface area contributed by atoms with E-state index in [1.807, 2.05) is 74.5 Å². The molecule has 6 nitrogen and oxygen atoms in total. The van der Waals surface area contributed by atoms with Gasteiger partial charge in [-0.25, -0.2) is 0 Å². The number of amides is 3. The summed E-state index contributed by atoms with van der Waals surface area (Å²) in [5, 5.41) is 2.36. The third-order valence-corrected chi connectivity index (χ3v) is 7.98. The van der Waals surface area contributed by atoms with Crippen LogP contribution in [0, 0.1) is 21.0 Å².